The van der Waals surface area contributed by atoms with Gasteiger partial charge in [0.1, 0.15) is 5.60 Å². The van der Waals surface area contributed by atoms with E-state index in [0.29, 0.717) is 0 Å². The summed E-state index contributed by atoms with van der Waals surface area (Å²) in [5.74, 6) is -0.788. The van der Waals surface area contributed by atoms with Crippen LogP contribution in [-0.2, 0) is 11.3 Å². The molecule has 0 unspecified atom stereocenters. The van der Waals surface area contributed by atoms with Gasteiger partial charge in [-0.3, -0.25) is 5.32 Å². The van der Waals surface area contributed by atoms with Gasteiger partial charge in [-0.05, 0) is 54.4 Å². The van der Waals surface area contributed by atoms with Crippen molar-refractivity contribution in [3.05, 3.63) is 28.0 Å². The summed E-state index contributed by atoms with van der Waals surface area (Å²) in [7, 11) is 0. The molecule has 0 fully saturated rings. The van der Waals surface area contributed by atoms with E-state index in [4.69, 9.17) is 7.48 Å². The summed E-state index contributed by atoms with van der Waals surface area (Å²) in [5, 5.41) is 11.5. The molecule has 0 aliphatic carbocycles. The van der Waals surface area contributed by atoms with Gasteiger partial charge in [0.2, 0.25) is 0 Å². The van der Waals surface area contributed by atoms with Gasteiger partial charge in [0, 0.05) is 0 Å². The molecule has 0 aliphatic rings. The number of carbonyl (C=O) groups is 1. The fourth-order valence-corrected chi connectivity index (χ4v) is 1.62. The number of rotatable bonds is 2. The Bertz CT molecular complexity index is 527. The maximum atomic E-state index is 13.8. The number of hydrogen-bond donors (Lipinski definition) is 2. The van der Waals surface area contributed by atoms with E-state index in [0.717, 1.165) is 12.1 Å². The van der Waals surface area contributed by atoms with E-state index in [2.05, 4.69) is 21.2 Å². The van der Waals surface area contributed by atoms with E-state index in [9.17, 15) is 14.3 Å². The normalized spacial score (nSPS) is 13.7. The number of anilines is 1. The zero-order valence-corrected chi connectivity index (χ0v) is 11.8. The third-order valence-corrected chi connectivity index (χ3v) is 2.37. The molecular formula is C12H15BrFNO3. The molecule has 0 aromatic heterocycles. The van der Waals surface area contributed by atoms with Crippen molar-refractivity contribution in [3.63, 3.8) is 0 Å². The van der Waals surface area contributed by atoms with Gasteiger partial charge in [-0.2, -0.15) is 0 Å². The number of hydrogen-bond acceptors (Lipinski definition) is 3. The first-order valence-electron chi connectivity index (χ1n) is 6.12. The second kappa shape index (κ2) is 5.67. The molecule has 4 nitrogen and oxygen atoms in total. The largest absolute Gasteiger partial charge is 0.444 e. The maximum absolute atomic E-state index is 13.8. The minimum Gasteiger partial charge on any atom is -0.444 e. The van der Waals surface area contributed by atoms with Crippen LogP contribution in [0.15, 0.2) is 16.6 Å². The molecule has 0 heterocycles. The monoisotopic (exact) mass is 321 g/mol. The van der Waals surface area contributed by atoms with Gasteiger partial charge < -0.3 is 9.84 Å². The number of ether oxygens (including phenoxy) is 1. The average Bonchev–Trinajstić information content (AvgIpc) is 2.20. The van der Waals surface area contributed by atoms with Gasteiger partial charge in [0.05, 0.1) is 19.5 Å². The summed E-state index contributed by atoms with van der Waals surface area (Å²) in [5.41, 5.74) is -1.24. The summed E-state index contributed by atoms with van der Waals surface area (Å²) in [4.78, 5) is 11.6. The minimum atomic E-state index is -2.65. The van der Waals surface area contributed by atoms with Gasteiger partial charge >= 0.3 is 6.09 Å². The lowest BCUT2D eigenvalue weighted by Crippen LogP contribution is -2.27. The van der Waals surface area contributed by atoms with E-state index < -0.39 is 24.1 Å². The van der Waals surface area contributed by atoms with Crippen molar-refractivity contribution >= 4 is 27.7 Å². The Morgan fingerprint density at radius 2 is 2.22 bits per heavy atom. The van der Waals surface area contributed by atoms with Crippen LogP contribution >= 0.6 is 15.9 Å². The molecule has 0 saturated heterocycles. The average molecular weight is 322 g/mol. The Labute approximate surface area is 116 Å². The number of halogens is 2. The van der Waals surface area contributed by atoms with Crippen molar-refractivity contribution in [2.45, 2.75) is 32.9 Å². The van der Waals surface area contributed by atoms with Crippen LogP contribution in [0.25, 0.3) is 0 Å². The molecular weight excluding hydrogens is 305 g/mol. The van der Waals surface area contributed by atoms with E-state index in [1.54, 1.807) is 20.8 Å². The topological polar surface area (TPSA) is 58.6 Å². The van der Waals surface area contributed by atoms with Crippen molar-refractivity contribution in [2.24, 2.45) is 0 Å². The zero-order chi connectivity index (χ0) is 15.7. The highest BCUT2D eigenvalue weighted by atomic mass is 79.9. The molecule has 1 aromatic rings. The van der Waals surface area contributed by atoms with Crippen LogP contribution in [0, 0.1) is 5.82 Å². The quantitative estimate of drug-likeness (QED) is 0.877. The lowest BCUT2D eigenvalue weighted by molar-refractivity contribution is 0.0635. The minimum absolute atomic E-state index is 0.0843. The van der Waals surface area contributed by atoms with Crippen molar-refractivity contribution in [1.82, 2.24) is 0 Å². The van der Waals surface area contributed by atoms with E-state index in [1.807, 2.05) is 0 Å². The molecule has 1 aromatic carbocycles. The molecule has 1 rings (SSSR count). The summed E-state index contributed by atoms with van der Waals surface area (Å²) in [6.07, 6.45) is -0.876. The van der Waals surface area contributed by atoms with E-state index >= 15 is 0 Å². The maximum Gasteiger partial charge on any atom is 0.412 e. The number of nitrogens with one attached hydrogen (secondary N) is 1. The van der Waals surface area contributed by atoms with Crippen LogP contribution < -0.4 is 5.32 Å². The Kier molecular flexibility index (Phi) is 3.75. The molecule has 0 aliphatic heterocycles. The summed E-state index contributed by atoms with van der Waals surface area (Å²) in [6, 6.07) is 2.10. The van der Waals surface area contributed by atoms with E-state index in [-0.39, 0.29) is 15.7 Å². The van der Waals surface area contributed by atoms with Crippen LogP contribution in [0.4, 0.5) is 14.9 Å². The van der Waals surface area contributed by atoms with Crippen molar-refractivity contribution in [1.29, 1.82) is 0 Å². The molecule has 0 saturated carbocycles. The number of carbonyl (C=O) groups excluding carboxylic acids is 1. The summed E-state index contributed by atoms with van der Waals surface area (Å²) < 4.78 is 33.1. The highest BCUT2D eigenvalue weighted by molar-refractivity contribution is 9.10. The van der Waals surface area contributed by atoms with Crippen LogP contribution in [0.3, 0.4) is 0 Å². The molecule has 18 heavy (non-hydrogen) atoms. The number of aliphatic hydroxyl groups is 1. The first-order valence-corrected chi connectivity index (χ1v) is 5.91. The van der Waals surface area contributed by atoms with Gasteiger partial charge in [0.25, 0.3) is 0 Å². The third-order valence-electron chi connectivity index (χ3n) is 1.79. The summed E-state index contributed by atoms with van der Waals surface area (Å²) in [6.45, 7) is 2.31. The Balaban J connectivity index is 3.06. The highest BCUT2D eigenvalue weighted by Gasteiger charge is 2.18. The highest BCUT2D eigenvalue weighted by Crippen LogP contribution is 2.26. The molecule has 0 spiro atoms. The SMILES string of the molecule is [2H]C([2H])(O)c1cc(Br)c(F)c(NC(=O)OC(C)(C)C)c1. The lowest BCUT2D eigenvalue weighted by Gasteiger charge is -2.20. The van der Waals surface area contributed by atoms with Gasteiger partial charge in [0.15, 0.2) is 5.82 Å². The molecule has 0 bridgehead atoms. The first kappa shape index (κ1) is 11.9. The smallest absolute Gasteiger partial charge is 0.412 e. The Hall–Kier alpha value is -1.14. The number of benzene rings is 1. The molecule has 100 valence electrons. The number of amides is 1. The van der Waals surface area contributed by atoms with E-state index in [1.165, 1.54) is 0 Å². The van der Waals surface area contributed by atoms with Crippen molar-refractivity contribution in [2.75, 3.05) is 5.32 Å². The van der Waals surface area contributed by atoms with Crippen LogP contribution in [0.2, 0.25) is 0 Å². The first-order chi connectivity index (χ1) is 8.90. The van der Waals surface area contributed by atoms with Crippen molar-refractivity contribution in [3.8, 4) is 0 Å². The van der Waals surface area contributed by atoms with Crippen molar-refractivity contribution < 1.29 is 21.8 Å². The van der Waals surface area contributed by atoms with Crippen LogP contribution in [-0.4, -0.2) is 16.8 Å². The fourth-order valence-electron chi connectivity index (χ4n) is 1.16. The standard InChI is InChI=1S/C12H15BrFNO3/c1-12(2,3)18-11(17)15-9-5-7(6-16)4-8(13)10(9)14/h4-5,16H,6H2,1-3H3,(H,15,17)/i6D2. The predicted octanol–water partition coefficient (Wildman–Crippen LogP) is 3.43. The van der Waals surface area contributed by atoms with Gasteiger partial charge in [-0.1, -0.05) is 0 Å². The molecule has 1 amide bonds. The fraction of sp³-hybridized carbons (Fsp3) is 0.417. The molecule has 0 radical (unpaired) electrons. The second-order valence-corrected chi connectivity index (χ2v) is 5.41. The van der Waals surface area contributed by atoms with Crippen LogP contribution in [0.5, 0.6) is 0 Å². The molecule has 0 atom stereocenters. The predicted molar refractivity (Wildman–Crippen MR) is 69.9 cm³/mol. The summed E-state index contributed by atoms with van der Waals surface area (Å²) >= 11 is 2.90. The molecule has 6 heteroatoms. The van der Waals surface area contributed by atoms with Crippen LogP contribution in [0.1, 0.15) is 29.1 Å². The molecule has 2 N–H and O–H groups in total. The van der Waals surface area contributed by atoms with Gasteiger partial charge in [-0.25, -0.2) is 9.18 Å². The second-order valence-electron chi connectivity index (χ2n) is 4.56. The zero-order valence-electron chi connectivity index (χ0n) is 12.2. The van der Waals surface area contributed by atoms with Gasteiger partial charge in [-0.15, -0.1) is 0 Å². The Morgan fingerprint density at radius 3 is 2.72 bits per heavy atom. The third kappa shape index (κ3) is 4.27. The Morgan fingerprint density at radius 1 is 1.61 bits per heavy atom. The lowest BCUT2D eigenvalue weighted by atomic mass is 10.2.